The van der Waals surface area contributed by atoms with Gasteiger partial charge in [0.15, 0.2) is 5.11 Å². The van der Waals surface area contributed by atoms with E-state index in [4.69, 9.17) is 12.2 Å². The third-order valence-corrected chi connectivity index (χ3v) is 7.08. The van der Waals surface area contributed by atoms with E-state index >= 15 is 0 Å². The zero-order valence-corrected chi connectivity index (χ0v) is 20.4. The van der Waals surface area contributed by atoms with E-state index in [2.05, 4.69) is 33.2 Å². The second-order valence-electron chi connectivity index (χ2n) is 6.69. The summed E-state index contributed by atoms with van der Waals surface area (Å²) in [4.78, 5) is 12.5. The minimum atomic E-state index is -3.64. The summed E-state index contributed by atoms with van der Waals surface area (Å²) in [6, 6.07) is 22.7. The molecule has 0 atom stereocenters. The Balaban J connectivity index is 1.62. The van der Waals surface area contributed by atoms with Crippen molar-refractivity contribution in [2.75, 3.05) is 12.4 Å². The van der Waals surface area contributed by atoms with Gasteiger partial charge in [0.25, 0.3) is 5.91 Å². The molecule has 0 bridgehead atoms. The Labute approximate surface area is 200 Å². The van der Waals surface area contributed by atoms with Crippen LogP contribution < -0.4 is 10.6 Å². The van der Waals surface area contributed by atoms with E-state index in [0.29, 0.717) is 11.3 Å². The molecule has 0 radical (unpaired) electrons. The molecule has 0 aliphatic rings. The van der Waals surface area contributed by atoms with Gasteiger partial charge in [-0.15, -0.1) is 0 Å². The maximum atomic E-state index is 12.8. The Hall–Kier alpha value is -2.34. The van der Waals surface area contributed by atoms with Crippen LogP contribution in [0, 0.1) is 3.57 Å². The predicted molar refractivity (Wildman–Crippen MR) is 134 cm³/mol. The normalized spacial score (nSPS) is 11.2. The van der Waals surface area contributed by atoms with Gasteiger partial charge >= 0.3 is 0 Å². The molecule has 0 aromatic heterocycles. The van der Waals surface area contributed by atoms with Crippen LogP contribution in [-0.2, 0) is 16.6 Å². The van der Waals surface area contributed by atoms with Crippen molar-refractivity contribution in [3.63, 3.8) is 0 Å². The summed E-state index contributed by atoms with van der Waals surface area (Å²) in [7, 11) is -2.09. The van der Waals surface area contributed by atoms with Crippen molar-refractivity contribution in [1.82, 2.24) is 9.62 Å². The van der Waals surface area contributed by atoms with Crippen LogP contribution in [0.1, 0.15) is 15.9 Å². The molecular weight excluding hydrogens is 545 g/mol. The first-order valence-corrected chi connectivity index (χ1v) is 12.2. The number of carbonyl (C=O) groups is 1. The van der Waals surface area contributed by atoms with Crippen LogP contribution in [-0.4, -0.2) is 30.8 Å². The van der Waals surface area contributed by atoms with E-state index in [1.165, 1.54) is 16.4 Å². The van der Waals surface area contributed by atoms with Gasteiger partial charge in [0.1, 0.15) is 0 Å². The third kappa shape index (κ3) is 6.33. The van der Waals surface area contributed by atoms with Crippen LogP contribution >= 0.6 is 34.8 Å². The fraction of sp³-hybridized carbons (Fsp3) is 0.0909. The molecule has 3 aromatic carbocycles. The van der Waals surface area contributed by atoms with E-state index in [0.717, 1.165) is 9.13 Å². The fourth-order valence-electron chi connectivity index (χ4n) is 2.78. The third-order valence-electron chi connectivity index (χ3n) is 4.38. The fourth-order valence-corrected chi connectivity index (χ4v) is 4.70. The van der Waals surface area contributed by atoms with Crippen LogP contribution in [0.5, 0.6) is 0 Å². The molecule has 0 aliphatic carbocycles. The lowest BCUT2D eigenvalue weighted by Crippen LogP contribution is -2.34. The summed E-state index contributed by atoms with van der Waals surface area (Å²) in [5.41, 5.74) is 1.97. The minimum absolute atomic E-state index is 0.126. The molecule has 6 nitrogen and oxygen atoms in total. The monoisotopic (exact) mass is 565 g/mol. The molecule has 3 rings (SSSR count). The van der Waals surface area contributed by atoms with E-state index < -0.39 is 10.0 Å². The zero-order chi connectivity index (χ0) is 22.4. The van der Waals surface area contributed by atoms with Gasteiger partial charge < -0.3 is 5.32 Å². The molecule has 0 aliphatic heterocycles. The SMILES string of the molecule is CN(Cc1ccccc1)S(=O)(=O)c1ccc(NC(=S)NC(=O)c2cccc(I)c2)cc1. The van der Waals surface area contributed by atoms with Gasteiger partial charge in [0.2, 0.25) is 10.0 Å². The van der Waals surface area contributed by atoms with Crippen molar-refractivity contribution in [2.45, 2.75) is 11.4 Å². The first kappa shape index (κ1) is 23.3. The number of hydrogen-bond donors (Lipinski definition) is 2. The van der Waals surface area contributed by atoms with Crippen molar-refractivity contribution >= 4 is 61.5 Å². The standard InChI is InChI=1S/C22H20IN3O3S2/c1-26(15-16-6-3-2-4-7-16)31(28,29)20-12-10-19(11-13-20)24-22(30)25-21(27)17-8-5-9-18(23)14-17/h2-14H,15H2,1H3,(H2,24,25,27,30). The quantitative estimate of drug-likeness (QED) is 0.346. The number of amides is 1. The highest BCUT2D eigenvalue weighted by molar-refractivity contribution is 14.1. The molecule has 3 aromatic rings. The number of nitrogens with one attached hydrogen (secondary N) is 2. The Morgan fingerprint density at radius 1 is 1.00 bits per heavy atom. The first-order valence-electron chi connectivity index (χ1n) is 9.24. The number of benzene rings is 3. The van der Waals surface area contributed by atoms with Gasteiger partial charge in [-0.25, -0.2) is 8.42 Å². The highest BCUT2D eigenvalue weighted by atomic mass is 127. The highest BCUT2D eigenvalue weighted by Gasteiger charge is 2.20. The van der Waals surface area contributed by atoms with Crippen molar-refractivity contribution in [3.05, 3.63) is 93.6 Å². The molecular formula is C22H20IN3O3S2. The maximum Gasteiger partial charge on any atom is 0.257 e. The van der Waals surface area contributed by atoms with Gasteiger partial charge in [-0.1, -0.05) is 36.4 Å². The second-order valence-corrected chi connectivity index (χ2v) is 10.4. The lowest BCUT2D eigenvalue weighted by atomic mass is 10.2. The molecule has 0 unspecified atom stereocenters. The van der Waals surface area contributed by atoms with Crippen LogP contribution in [0.4, 0.5) is 5.69 Å². The minimum Gasteiger partial charge on any atom is -0.332 e. The molecule has 2 N–H and O–H groups in total. The first-order chi connectivity index (χ1) is 14.8. The summed E-state index contributed by atoms with van der Waals surface area (Å²) < 4.78 is 27.9. The predicted octanol–water partition coefficient (Wildman–Crippen LogP) is 4.24. The highest BCUT2D eigenvalue weighted by Crippen LogP contribution is 2.19. The van der Waals surface area contributed by atoms with E-state index in [-0.39, 0.29) is 22.5 Å². The van der Waals surface area contributed by atoms with Crippen LogP contribution in [0.3, 0.4) is 0 Å². The summed E-state index contributed by atoms with van der Waals surface area (Å²) in [6.45, 7) is 0.276. The Morgan fingerprint density at radius 2 is 1.68 bits per heavy atom. The van der Waals surface area contributed by atoms with E-state index in [1.54, 1.807) is 37.4 Å². The van der Waals surface area contributed by atoms with Crippen molar-refractivity contribution < 1.29 is 13.2 Å². The van der Waals surface area contributed by atoms with Crippen molar-refractivity contribution in [3.8, 4) is 0 Å². The van der Waals surface area contributed by atoms with E-state index in [1.807, 2.05) is 36.4 Å². The Morgan fingerprint density at radius 3 is 2.32 bits per heavy atom. The van der Waals surface area contributed by atoms with Crippen LogP contribution in [0.2, 0.25) is 0 Å². The van der Waals surface area contributed by atoms with Gasteiger partial charge in [-0.2, -0.15) is 4.31 Å². The molecule has 9 heteroatoms. The van der Waals surface area contributed by atoms with Crippen molar-refractivity contribution in [1.29, 1.82) is 0 Å². The van der Waals surface area contributed by atoms with Gasteiger partial charge in [-0.3, -0.25) is 10.1 Å². The Kier molecular flexibility index (Phi) is 7.76. The van der Waals surface area contributed by atoms with Gasteiger partial charge in [0.05, 0.1) is 4.90 Å². The number of thiocarbonyl (C=S) groups is 1. The smallest absolute Gasteiger partial charge is 0.257 e. The number of halogens is 1. The number of nitrogens with zero attached hydrogens (tertiary/aromatic N) is 1. The van der Waals surface area contributed by atoms with Crippen molar-refractivity contribution in [2.24, 2.45) is 0 Å². The largest absolute Gasteiger partial charge is 0.332 e. The number of carbonyl (C=O) groups excluding carboxylic acids is 1. The maximum absolute atomic E-state index is 12.8. The number of sulfonamides is 1. The van der Waals surface area contributed by atoms with Crippen LogP contribution in [0.15, 0.2) is 83.8 Å². The van der Waals surface area contributed by atoms with Gasteiger partial charge in [0, 0.05) is 28.4 Å². The Bertz CT molecular complexity index is 1180. The average Bonchev–Trinajstić information content (AvgIpc) is 2.74. The number of anilines is 1. The summed E-state index contributed by atoms with van der Waals surface area (Å²) in [5.74, 6) is -0.322. The average molecular weight is 565 g/mol. The summed E-state index contributed by atoms with van der Waals surface area (Å²) in [5, 5.41) is 5.63. The molecule has 0 heterocycles. The van der Waals surface area contributed by atoms with E-state index in [9.17, 15) is 13.2 Å². The van der Waals surface area contributed by atoms with Crippen LogP contribution in [0.25, 0.3) is 0 Å². The molecule has 160 valence electrons. The van der Waals surface area contributed by atoms with Gasteiger partial charge in [-0.05, 0) is 82.8 Å². The lowest BCUT2D eigenvalue weighted by molar-refractivity contribution is 0.0977. The lowest BCUT2D eigenvalue weighted by Gasteiger charge is -2.17. The second kappa shape index (κ2) is 10.3. The summed E-state index contributed by atoms with van der Waals surface area (Å²) >= 11 is 7.32. The number of rotatable bonds is 6. The molecule has 0 spiro atoms. The topological polar surface area (TPSA) is 78.5 Å². The zero-order valence-electron chi connectivity index (χ0n) is 16.6. The summed E-state index contributed by atoms with van der Waals surface area (Å²) in [6.07, 6.45) is 0. The number of hydrogen-bond acceptors (Lipinski definition) is 4. The molecule has 31 heavy (non-hydrogen) atoms. The molecule has 0 saturated carbocycles. The molecule has 1 amide bonds. The molecule has 0 fully saturated rings. The molecule has 0 saturated heterocycles.